The van der Waals surface area contributed by atoms with E-state index in [9.17, 15) is 14.7 Å². The van der Waals surface area contributed by atoms with E-state index in [1.807, 2.05) is 0 Å². The maximum atomic E-state index is 12.3. The summed E-state index contributed by atoms with van der Waals surface area (Å²) < 4.78 is 0. The zero-order valence-corrected chi connectivity index (χ0v) is 13.4. The lowest BCUT2D eigenvalue weighted by molar-refractivity contribution is -0.156. The molecule has 0 aliphatic heterocycles. The maximum absolute atomic E-state index is 12.3. The van der Waals surface area contributed by atoms with Crippen molar-refractivity contribution in [1.82, 2.24) is 9.88 Å². The van der Waals surface area contributed by atoms with Crippen molar-refractivity contribution in [1.29, 1.82) is 0 Å². The van der Waals surface area contributed by atoms with Crippen LogP contribution in [0.3, 0.4) is 0 Å². The van der Waals surface area contributed by atoms with Gasteiger partial charge in [-0.05, 0) is 32.9 Å². The number of carboxylic acid groups (broad SMARTS) is 1. The second-order valence-corrected chi connectivity index (χ2v) is 5.63. The van der Waals surface area contributed by atoms with Gasteiger partial charge in [-0.15, -0.1) is 0 Å². The van der Waals surface area contributed by atoms with Crippen molar-refractivity contribution in [3.63, 3.8) is 0 Å². The van der Waals surface area contributed by atoms with Gasteiger partial charge in [-0.1, -0.05) is 11.6 Å². The molecule has 0 bridgehead atoms. The van der Waals surface area contributed by atoms with Crippen LogP contribution in [-0.4, -0.2) is 52.5 Å². The first-order chi connectivity index (χ1) is 9.70. The van der Waals surface area contributed by atoms with Gasteiger partial charge >= 0.3 is 5.97 Å². The van der Waals surface area contributed by atoms with Crippen LogP contribution in [0.15, 0.2) is 18.3 Å². The van der Waals surface area contributed by atoms with Crippen LogP contribution in [-0.2, 0) is 9.59 Å². The van der Waals surface area contributed by atoms with Crippen molar-refractivity contribution in [3.05, 3.63) is 23.4 Å². The number of aromatic nitrogens is 1. The Bertz CT molecular complexity index is 517. The van der Waals surface area contributed by atoms with E-state index in [2.05, 4.69) is 4.98 Å². The Kier molecular flexibility index (Phi) is 5.54. The predicted octanol–water partition coefficient (Wildman–Crippen LogP) is 1.88. The lowest BCUT2D eigenvalue weighted by Gasteiger charge is -2.35. The van der Waals surface area contributed by atoms with E-state index in [0.29, 0.717) is 17.4 Å². The van der Waals surface area contributed by atoms with Crippen LogP contribution < -0.4 is 4.90 Å². The van der Waals surface area contributed by atoms with Gasteiger partial charge in [-0.25, -0.2) is 9.78 Å². The molecule has 0 aromatic carbocycles. The van der Waals surface area contributed by atoms with E-state index >= 15 is 0 Å². The average molecular weight is 314 g/mol. The monoisotopic (exact) mass is 313 g/mol. The van der Waals surface area contributed by atoms with Crippen molar-refractivity contribution >= 4 is 29.3 Å². The number of likely N-dealkylation sites (N-methyl/N-ethyl adjacent to an activating group) is 2. The van der Waals surface area contributed by atoms with E-state index in [0.717, 1.165) is 0 Å². The fraction of sp³-hybridized carbons (Fsp3) is 0.500. The minimum Gasteiger partial charge on any atom is -0.480 e. The number of hydrogen-bond acceptors (Lipinski definition) is 4. The molecule has 1 aromatic rings. The van der Waals surface area contributed by atoms with E-state index in [1.54, 1.807) is 31.0 Å². The first kappa shape index (κ1) is 17.2. The summed E-state index contributed by atoms with van der Waals surface area (Å²) in [5, 5.41) is 9.75. The molecule has 1 aromatic heterocycles. The van der Waals surface area contributed by atoms with Crippen LogP contribution in [0, 0.1) is 0 Å². The topological polar surface area (TPSA) is 73.7 Å². The van der Waals surface area contributed by atoms with Gasteiger partial charge in [-0.3, -0.25) is 4.79 Å². The summed E-state index contributed by atoms with van der Waals surface area (Å²) in [7, 11) is 1.72. The summed E-state index contributed by atoms with van der Waals surface area (Å²) in [4.78, 5) is 30.7. The largest absolute Gasteiger partial charge is 0.480 e. The summed E-state index contributed by atoms with van der Waals surface area (Å²) in [6.07, 6.45) is 1.50. The Balaban J connectivity index is 2.83. The van der Waals surface area contributed by atoms with Crippen molar-refractivity contribution < 1.29 is 14.7 Å². The van der Waals surface area contributed by atoms with Crippen molar-refractivity contribution in [2.24, 2.45) is 0 Å². The number of rotatable bonds is 6. The molecule has 116 valence electrons. The Morgan fingerprint density at radius 3 is 2.43 bits per heavy atom. The number of carbonyl (C=O) groups excluding carboxylic acids is 1. The molecule has 0 unspecified atom stereocenters. The average Bonchev–Trinajstić information content (AvgIpc) is 2.39. The molecule has 0 saturated heterocycles. The standard InChI is InChI=1S/C14H20ClN3O3/c1-5-18(14(2,3)13(20)21)12(19)9-17(4)11-7-6-10(15)8-16-11/h6-8H,5,9H2,1-4H3,(H,20,21). The molecule has 0 aliphatic carbocycles. The van der Waals surface area contributed by atoms with E-state index in [-0.39, 0.29) is 12.5 Å². The first-order valence-corrected chi connectivity index (χ1v) is 6.94. The third-order valence-electron chi connectivity index (χ3n) is 3.29. The Hall–Kier alpha value is -1.82. The first-order valence-electron chi connectivity index (χ1n) is 6.56. The quantitative estimate of drug-likeness (QED) is 0.868. The molecule has 6 nitrogen and oxygen atoms in total. The van der Waals surface area contributed by atoms with E-state index in [4.69, 9.17) is 11.6 Å². The number of carbonyl (C=O) groups is 2. The molecule has 0 spiro atoms. The molecule has 0 saturated carbocycles. The molecule has 1 rings (SSSR count). The zero-order valence-electron chi connectivity index (χ0n) is 12.6. The third-order valence-corrected chi connectivity index (χ3v) is 3.51. The number of pyridine rings is 1. The lowest BCUT2D eigenvalue weighted by atomic mass is 10.0. The highest BCUT2D eigenvalue weighted by molar-refractivity contribution is 6.30. The minimum absolute atomic E-state index is 0.0409. The number of amides is 1. The molecule has 0 radical (unpaired) electrons. The van der Waals surface area contributed by atoms with Crippen LogP contribution in [0.1, 0.15) is 20.8 Å². The number of hydrogen-bond donors (Lipinski definition) is 1. The summed E-state index contributed by atoms with van der Waals surface area (Å²) in [6.45, 7) is 5.14. The van der Waals surface area contributed by atoms with Crippen molar-refractivity contribution in [2.75, 3.05) is 25.0 Å². The van der Waals surface area contributed by atoms with Crippen LogP contribution >= 0.6 is 11.6 Å². The summed E-state index contributed by atoms with van der Waals surface area (Å²) in [5.74, 6) is -0.717. The SMILES string of the molecule is CCN(C(=O)CN(C)c1ccc(Cl)cn1)C(C)(C)C(=O)O. The number of aliphatic carboxylic acids is 1. The third kappa shape index (κ3) is 4.07. The van der Waals surface area contributed by atoms with Gasteiger partial charge in [-0.2, -0.15) is 0 Å². The lowest BCUT2D eigenvalue weighted by Crippen LogP contribution is -2.55. The van der Waals surface area contributed by atoms with Gasteiger partial charge in [0.15, 0.2) is 0 Å². The molecule has 1 heterocycles. The minimum atomic E-state index is -1.25. The predicted molar refractivity (Wildman–Crippen MR) is 81.6 cm³/mol. The van der Waals surface area contributed by atoms with Gasteiger partial charge in [0.05, 0.1) is 11.6 Å². The molecule has 7 heteroatoms. The summed E-state index contributed by atoms with van der Waals surface area (Å²) in [6, 6.07) is 3.39. The Morgan fingerprint density at radius 1 is 1.38 bits per heavy atom. The van der Waals surface area contributed by atoms with Crippen LogP contribution in [0.2, 0.25) is 5.02 Å². The maximum Gasteiger partial charge on any atom is 0.329 e. The number of carboxylic acids is 1. The molecule has 0 aliphatic rings. The normalized spacial score (nSPS) is 11.1. The Morgan fingerprint density at radius 2 is 2.00 bits per heavy atom. The molecular weight excluding hydrogens is 294 g/mol. The number of halogens is 1. The van der Waals surface area contributed by atoms with Crippen molar-refractivity contribution in [2.45, 2.75) is 26.3 Å². The fourth-order valence-corrected chi connectivity index (χ4v) is 2.07. The smallest absolute Gasteiger partial charge is 0.329 e. The molecule has 0 fully saturated rings. The molecule has 21 heavy (non-hydrogen) atoms. The molecule has 0 atom stereocenters. The summed E-state index contributed by atoms with van der Waals surface area (Å²) >= 11 is 5.77. The van der Waals surface area contributed by atoms with E-state index in [1.165, 1.54) is 24.9 Å². The second kappa shape index (κ2) is 6.76. The number of nitrogens with zero attached hydrogens (tertiary/aromatic N) is 3. The molecule has 1 N–H and O–H groups in total. The fourth-order valence-electron chi connectivity index (χ4n) is 1.96. The van der Waals surface area contributed by atoms with Crippen LogP contribution in [0.25, 0.3) is 0 Å². The highest BCUT2D eigenvalue weighted by Gasteiger charge is 2.36. The van der Waals surface area contributed by atoms with E-state index < -0.39 is 11.5 Å². The summed E-state index contributed by atoms with van der Waals surface area (Å²) in [5.41, 5.74) is -1.25. The van der Waals surface area contributed by atoms with Crippen LogP contribution in [0.5, 0.6) is 0 Å². The van der Waals surface area contributed by atoms with Gasteiger partial charge in [0.2, 0.25) is 5.91 Å². The molecule has 1 amide bonds. The van der Waals surface area contributed by atoms with Crippen LogP contribution in [0.4, 0.5) is 5.82 Å². The second-order valence-electron chi connectivity index (χ2n) is 5.19. The molecular formula is C14H20ClN3O3. The highest BCUT2D eigenvalue weighted by Crippen LogP contribution is 2.17. The van der Waals surface area contributed by atoms with Gasteiger partial charge in [0, 0.05) is 19.8 Å². The number of anilines is 1. The van der Waals surface area contributed by atoms with Crippen molar-refractivity contribution in [3.8, 4) is 0 Å². The van der Waals surface area contributed by atoms with Gasteiger partial charge < -0.3 is 14.9 Å². The van der Waals surface area contributed by atoms with Gasteiger partial charge in [0.25, 0.3) is 0 Å². The highest BCUT2D eigenvalue weighted by atomic mass is 35.5. The zero-order chi connectivity index (χ0) is 16.2. The Labute approximate surface area is 129 Å². The van der Waals surface area contributed by atoms with Gasteiger partial charge in [0.1, 0.15) is 11.4 Å².